The largest absolute Gasteiger partial charge is 0.322 e. The summed E-state index contributed by atoms with van der Waals surface area (Å²) in [6.07, 6.45) is 2.76. The van der Waals surface area contributed by atoms with Crippen molar-refractivity contribution in [3.8, 4) is 6.07 Å². The summed E-state index contributed by atoms with van der Waals surface area (Å²) in [5.41, 5.74) is 4.73. The smallest absolute Gasteiger partial charge is 0.112 e. The van der Waals surface area contributed by atoms with Gasteiger partial charge in [-0.05, 0) is 55.2 Å². The first-order valence-electron chi connectivity index (χ1n) is 10.2. The Labute approximate surface area is 173 Å². The van der Waals surface area contributed by atoms with Crippen molar-refractivity contribution in [3.05, 3.63) is 96.1 Å². The van der Waals surface area contributed by atoms with Gasteiger partial charge in [0.2, 0.25) is 0 Å². The lowest BCUT2D eigenvalue weighted by atomic mass is 9.92. The Bertz CT molecular complexity index is 1000. The van der Waals surface area contributed by atoms with E-state index in [1.165, 1.54) is 11.1 Å². The molecular formula is C26H25N3. The number of hydrogen-bond donors (Lipinski definition) is 0. The summed E-state index contributed by atoms with van der Waals surface area (Å²) in [6, 6.07) is 32.1. The fraction of sp³-hybridized carbons (Fsp3) is 0.231. The van der Waals surface area contributed by atoms with Gasteiger partial charge in [-0.1, -0.05) is 60.7 Å². The monoisotopic (exact) mass is 379 g/mol. The van der Waals surface area contributed by atoms with Gasteiger partial charge in [-0.25, -0.2) is 4.99 Å². The zero-order valence-corrected chi connectivity index (χ0v) is 16.7. The van der Waals surface area contributed by atoms with E-state index in [1.54, 1.807) is 0 Å². The van der Waals surface area contributed by atoms with E-state index in [4.69, 9.17) is 10.3 Å². The summed E-state index contributed by atoms with van der Waals surface area (Å²) < 4.78 is 0. The van der Waals surface area contributed by atoms with Crippen LogP contribution in [0.3, 0.4) is 0 Å². The second kappa shape index (κ2) is 8.75. The third kappa shape index (κ3) is 4.38. The van der Waals surface area contributed by atoms with Crippen LogP contribution in [0.15, 0.2) is 89.9 Å². The first kappa shape index (κ1) is 19.0. The normalized spacial score (nSPS) is 18.1. The van der Waals surface area contributed by atoms with Crippen LogP contribution in [0.2, 0.25) is 0 Å². The van der Waals surface area contributed by atoms with Gasteiger partial charge in [0.05, 0.1) is 17.8 Å². The van der Waals surface area contributed by atoms with Crippen LogP contribution in [0.1, 0.15) is 36.9 Å². The molecule has 3 aromatic rings. The van der Waals surface area contributed by atoms with Crippen LogP contribution < -0.4 is 4.90 Å². The first-order chi connectivity index (χ1) is 14.2. The summed E-state index contributed by atoms with van der Waals surface area (Å²) in [4.78, 5) is 7.23. The van der Waals surface area contributed by atoms with Crippen LogP contribution >= 0.6 is 0 Å². The molecule has 2 atom stereocenters. The van der Waals surface area contributed by atoms with Gasteiger partial charge in [0.15, 0.2) is 0 Å². The Kier molecular flexibility index (Phi) is 5.72. The molecule has 0 N–H and O–H groups in total. The summed E-state index contributed by atoms with van der Waals surface area (Å²) in [5.74, 6) is 1.19. The zero-order valence-electron chi connectivity index (χ0n) is 16.7. The Hall–Kier alpha value is -3.38. The average Bonchev–Trinajstić information content (AvgIpc) is 2.77. The fourth-order valence-electron chi connectivity index (χ4n) is 3.72. The molecule has 3 aromatic carbocycles. The molecular weight excluding hydrogens is 354 g/mol. The molecule has 1 heterocycles. The topological polar surface area (TPSA) is 39.4 Å². The fourth-order valence-corrected chi connectivity index (χ4v) is 3.72. The first-order valence-corrected chi connectivity index (χ1v) is 10.2. The van der Waals surface area contributed by atoms with Crippen LogP contribution in [0.4, 0.5) is 11.4 Å². The number of rotatable bonds is 6. The molecule has 1 fully saturated rings. The number of para-hydroxylation sites is 1. The van der Waals surface area contributed by atoms with Crippen molar-refractivity contribution < 1.29 is 0 Å². The lowest BCUT2D eigenvalue weighted by molar-refractivity contribution is 0.650. The minimum Gasteiger partial charge on any atom is -0.322 e. The average molecular weight is 380 g/mol. The predicted molar refractivity (Wildman–Crippen MR) is 119 cm³/mol. The maximum atomic E-state index is 8.99. The van der Waals surface area contributed by atoms with E-state index in [2.05, 4.69) is 65.6 Å². The van der Waals surface area contributed by atoms with Crippen molar-refractivity contribution >= 4 is 17.2 Å². The third-order valence-corrected chi connectivity index (χ3v) is 5.47. The van der Waals surface area contributed by atoms with E-state index in [9.17, 15) is 0 Å². The summed E-state index contributed by atoms with van der Waals surface area (Å²) >= 11 is 0. The van der Waals surface area contributed by atoms with Crippen molar-refractivity contribution in [1.29, 1.82) is 5.26 Å². The van der Waals surface area contributed by atoms with Gasteiger partial charge < -0.3 is 4.90 Å². The lowest BCUT2D eigenvalue weighted by Gasteiger charge is -2.44. The maximum Gasteiger partial charge on any atom is 0.112 e. The number of aryl methyl sites for hydroxylation is 1. The van der Waals surface area contributed by atoms with E-state index >= 15 is 0 Å². The summed E-state index contributed by atoms with van der Waals surface area (Å²) in [6.45, 7) is 1.98. The van der Waals surface area contributed by atoms with Crippen LogP contribution in [0.25, 0.3) is 0 Å². The molecule has 29 heavy (non-hydrogen) atoms. The van der Waals surface area contributed by atoms with Crippen molar-refractivity contribution in [1.82, 2.24) is 0 Å². The van der Waals surface area contributed by atoms with E-state index in [1.807, 2.05) is 37.3 Å². The third-order valence-electron chi connectivity index (χ3n) is 5.47. The molecule has 1 aliphatic rings. The van der Waals surface area contributed by atoms with Gasteiger partial charge in [0, 0.05) is 18.0 Å². The molecule has 2 unspecified atom stereocenters. The Morgan fingerprint density at radius 2 is 1.62 bits per heavy atom. The van der Waals surface area contributed by atoms with Gasteiger partial charge in [-0.15, -0.1) is 0 Å². The molecule has 0 amide bonds. The number of nitriles is 1. The molecule has 0 aromatic heterocycles. The Balaban J connectivity index is 1.59. The molecule has 3 nitrogen and oxygen atoms in total. The lowest BCUT2D eigenvalue weighted by Crippen LogP contribution is -2.46. The number of amidine groups is 1. The number of aliphatic imine (C=N–C) groups is 1. The van der Waals surface area contributed by atoms with E-state index < -0.39 is 0 Å². The molecule has 144 valence electrons. The SMILES string of the molecule is CC(C#N)CCc1ccc(N2C(=Nc3ccccc3)CC2c2ccccc2)cc1. The van der Waals surface area contributed by atoms with Gasteiger partial charge in [0.1, 0.15) is 5.84 Å². The van der Waals surface area contributed by atoms with Crippen LogP contribution in [-0.4, -0.2) is 5.84 Å². The zero-order chi connectivity index (χ0) is 20.1. The van der Waals surface area contributed by atoms with Gasteiger partial charge in [0.25, 0.3) is 0 Å². The van der Waals surface area contributed by atoms with Crippen molar-refractivity contribution in [3.63, 3.8) is 0 Å². The van der Waals surface area contributed by atoms with E-state index in [0.717, 1.165) is 36.5 Å². The van der Waals surface area contributed by atoms with Gasteiger partial charge in [-0.2, -0.15) is 5.26 Å². The molecule has 4 rings (SSSR count). The highest BCUT2D eigenvalue weighted by atomic mass is 15.3. The highest BCUT2D eigenvalue weighted by Gasteiger charge is 2.36. The second-order valence-corrected chi connectivity index (χ2v) is 7.60. The van der Waals surface area contributed by atoms with Crippen molar-refractivity contribution in [2.75, 3.05) is 4.90 Å². The standard InChI is InChI=1S/C26H25N3/c1-20(19-27)12-13-21-14-16-24(17-15-21)29-25(22-8-4-2-5-9-22)18-26(29)28-23-10-6-3-7-11-23/h2-11,14-17,20,25H,12-13,18H2,1H3. The van der Waals surface area contributed by atoms with Crippen LogP contribution in [-0.2, 0) is 6.42 Å². The number of nitrogens with zero attached hydrogens (tertiary/aromatic N) is 3. The van der Waals surface area contributed by atoms with E-state index in [-0.39, 0.29) is 5.92 Å². The minimum absolute atomic E-state index is 0.0946. The molecule has 0 radical (unpaired) electrons. The number of benzene rings is 3. The van der Waals surface area contributed by atoms with Crippen LogP contribution in [0.5, 0.6) is 0 Å². The maximum absolute atomic E-state index is 8.99. The second-order valence-electron chi connectivity index (χ2n) is 7.60. The van der Waals surface area contributed by atoms with Crippen molar-refractivity contribution in [2.45, 2.75) is 32.2 Å². The molecule has 1 aliphatic heterocycles. The summed E-state index contributed by atoms with van der Waals surface area (Å²) in [5, 5.41) is 8.99. The van der Waals surface area contributed by atoms with E-state index in [0.29, 0.717) is 6.04 Å². The summed E-state index contributed by atoms with van der Waals surface area (Å²) in [7, 11) is 0. The number of anilines is 1. The number of hydrogen-bond acceptors (Lipinski definition) is 2. The molecule has 0 spiro atoms. The quantitative estimate of drug-likeness (QED) is 0.493. The predicted octanol–water partition coefficient (Wildman–Crippen LogP) is 6.46. The minimum atomic E-state index is 0.0946. The van der Waals surface area contributed by atoms with Crippen molar-refractivity contribution in [2.24, 2.45) is 10.9 Å². The molecule has 3 heteroatoms. The molecule has 0 saturated carbocycles. The van der Waals surface area contributed by atoms with Gasteiger partial charge >= 0.3 is 0 Å². The Morgan fingerprint density at radius 3 is 2.28 bits per heavy atom. The molecule has 0 aliphatic carbocycles. The molecule has 1 saturated heterocycles. The Morgan fingerprint density at radius 1 is 0.966 bits per heavy atom. The highest BCUT2D eigenvalue weighted by Crippen LogP contribution is 2.40. The highest BCUT2D eigenvalue weighted by molar-refractivity contribution is 6.06. The van der Waals surface area contributed by atoms with Crippen LogP contribution in [0, 0.1) is 17.2 Å². The molecule has 0 bridgehead atoms. The van der Waals surface area contributed by atoms with Gasteiger partial charge in [-0.3, -0.25) is 0 Å².